The second-order valence-corrected chi connectivity index (χ2v) is 23.1. The van der Waals surface area contributed by atoms with Crippen LogP contribution in [0, 0.1) is 7.43 Å². The Morgan fingerprint density at radius 2 is 0.646 bits per heavy atom. The van der Waals surface area contributed by atoms with Crippen molar-refractivity contribution in [1.29, 1.82) is 0 Å². The maximum atomic E-state index is 4.29. The molecule has 0 bridgehead atoms. The quantitative estimate of drug-likeness (QED) is 0.201. The Bertz CT molecular complexity index is 506. The van der Waals surface area contributed by atoms with Crippen molar-refractivity contribution in [3.8, 4) is 0 Å². The average molecular weight is 2960 g/mol. The minimum absolute atomic E-state index is 0. The van der Waals surface area contributed by atoms with Crippen molar-refractivity contribution in [1.82, 2.24) is 0 Å². The van der Waals surface area contributed by atoms with E-state index in [4.69, 9.17) is 0 Å². The summed E-state index contributed by atoms with van der Waals surface area (Å²) in [6.07, 6.45) is 26.9. The third kappa shape index (κ3) is 196. The molecule has 0 saturated carbocycles. The molecule has 0 nitrogen and oxygen atoms in total. The van der Waals surface area contributed by atoms with E-state index in [1.54, 1.807) is 0 Å². The molecule has 48 heavy (non-hydrogen) atoms. The van der Waals surface area contributed by atoms with Gasteiger partial charge in [-0.3, -0.25) is 0 Å². The fourth-order valence-electron chi connectivity index (χ4n) is 1.69. The predicted molar refractivity (Wildman–Crippen MR) is 156 cm³/mol. The first-order valence-corrected chi connectivity index (χ1v) is 21.5. The molecule has 0 heterocycles. The number of hydrogen-bond donors (Lipinski definition) is 0. The van der Waals surface area contributed by atoms with E-state index >= 15 is 0 Å². The van der Waals surface area contributed by atoms with Gasteiger partial charge < -0.3 is 7.43 Å². The maximum absolute atomic E-state index is 4.29. The van der Waals surface area contributed by atoms with Crippen LogP contribution in [0.15, 0.2) is 0 Å². The van der Waals surface area contributed by atoms with Crippen molar-refractivity contribution in [2.45, 2.75) is 13.8 Å². The van der Waals surface area contributed by atoms with Crippen LogP contribution in [0.5, 0.6) is 0 Å². The molecule has 0 aliphatic rings. The van der Waals surface area contributed by atoms with Crippen LogP contribution in [-0.4, -0.2) is 94.5 Å². The molecule has 0 rings (SSSR count). The molecule has 0 aliphatic heterocycles. The molecule has 234 valence electrons. The van der Waals surface area contributed by atoms with Crippen LogP contribution in [0.1, 0.15) is 13.8 Å². The SMILES string of the molecule is C=PC.C=[PH](C)C[PH](=C)CC.C=[PH](CC)C[PH](=C)CP(=C)(C)C.[CH3-].[W].[W].[W].[W].[Y].[Y].[Y].[Y].[Y].[Y].[Y].[Y].[Y].[Y].[Y].[Y].[Y].[Y].[Y].[Y].[Y].[Y].[Y].[Y]. The van der Waals surface area contributed by atoms with Gasteiger partial charge in [-0.2, -0.15) is 0 Å². The molecule has 0 N–H and O–H groups in total. The minimum Gasteiger partial charge on any atom is -0.358 e. The van der Waals surface area contributed by atoms with E-state index in [2.05, 4.69) is 71.6 Å². The van der Waals surface area contributed by atoms with Gasteiger partial charge in [-0.05, 0) is 56.7 Å². The van der Waals surface area contributed by atoms with E-state index in [0.29, 0.717) is 0 Å². The van der Waals surface area contributed by atoms with Gasteiger partial charge in [0.05, 0.1) is 0 Å². The van der Waals surface area contributed by atoms with Crippen molar-refractivity contribution in [3.63, 3.8) is 0 Å². The van der Waals surface area contributed by atoms with Crippen molar-refractivity contribution in [3.05, 3.63) is 7.43 Å². The summed E-state index contributed by atoms with van der Waals surface area (Å²) in [4.78, 5) is 0. The fraction of sp³-hybridized carbons (Fsp3) is 0.611. The summed E-state index contributed by atoms with van der Waals surface area (Å²) in [5, 5.41) is 0. The van der Waals surface area contributed by atoms with E-state index in [-0.39, 0.29) is 776 Å². The van der Waals surface area contributed by atoms with Gasteiger partial charge in [0, 0.05) is 738 Å². The molecule has 0 fully saturated rings. The van der Waals surface area contributed by atoms with Crippen molar-refractivity contribution < 1.29 is 738 Å². The summed E-state index contributed by atoms with van der Waals surface area (Å²) in [5.41, 5.74) is 0. The van der Waals surface area contributed by atoms with Gasteiger partial charge in [-0.25, -0.2) is 0 Å². The number of rotatable bonds is 8. The third-order valence-electron chi connectivity index (χ3n) is 2.70. The van der Waals surface area contributed by atoms with Crippen LogP contribution in [0.4, 0.5) is 0 Å². The summed E-state index contributed by atoms with van der Waals surface area (Å²) in [6, 6.07) is 0. The van der Waals surface area contributed by atoms with Crippen LogP contribution >= 0.6 is 45.3 Å². The second kappa shape index (κ2) is 151. The van der Waals surface area contributed by atoms with Gasteiger partial charge in [0.15, 0.2) is 0 Å². The van der Waals surface area contributed by atoms with Gasteiger partial charge >= 0.3 is 0 Å². The van der Waals surface area contributed by atoms with Crippen LogP contribution in [0.3, 0.4) is 0 Å². The molecule has 4 atom stereocenters. The molecule has 30 heteroatoms. The Labute approximate surface area is 870 Å². The molecule has 0 amide bonds. The van der Waals surface area contributed by atoms with Crippen LogP contribution < -0.4 is 0 Å². The molecule has 0 spiro atoms. The van der Waals surface area contributed by atoms with Gasteiger partial charge in [0.25, 0.3) is 0 Å². The van der Waals surface area contributed by atoms with E-state index < -0.39 is 6.89 Å². The molecule has 0 aromatic heterocycles. The Morgan fingerprint density at radius 3 is 0.750 bits per heavy atom. The summed E-state index contributed by atoms with van der Waals surface area (Å²) in [5.74, 6) is 4.07. The van der Waals surface area contributed by atoms with E-state index in [1.807, 2.05) is 6.66 Å². The second-order valence-electron chi connectivity index (χ2n) is 6.68. The van der Waals surface area contributed by atoms with Crippen LogP contribution in [0.2, 0.25) is 0 Å². The fourth-order valence-corrected chi connectivity index (χ4v) is 16.2. The first-order chi connectivity index (χ1) is 10.4. The Kier molecular flexibility index (Phi) is 587. The van der Waals surface area contributed by atoms with Gasteiger partial charge in [0.2, 0.25) is 0 Å². The molecule has 20 radical (unpaired) electrons. The summed E-state index contributed by atoms with van der Waals surface area (Å²) < 4.78 is 0. The first kappa shape index (κ1) is 186. The van der Waals surface area contributed by atoms with Crippen molar-refractivity contribution in [2.75, 3.05) is 56.7 Å². The molecule has 0 saturated heterocycles. The standard InChI is InChI=1S/C9H23P3.C6H16P2.C2H5P.CH3.4W.20Y/c1-7-10(2)8-11(3)9-12(4,5)6;1-5-8(4)6-7(2)3;1-3-2;;;;;;;;;;;;;;;;;;;;;;;;;/h10-11H,2-4,7-9H2,1,5-6H3;7-8H,2,4-6H2,1,3H3;1H2,2H3;1H3;;;;;;;;;;;;;;;;;;;;;;;;/q;;;-1;;;;;;;;;;;;;;;;;;;;;;;;. The summed E-state index contributed by atoms with van der Waals surface area (Å²) in [6.45, 7) is 12.5. The summed E-state index contributed by atoms with van der Waals surface area (Å²) in [7, 11) is 0.142. The van der Waals surface area contributed by atoms with Crippen LogP contribution in [-0.2, 0) is 738 Å². The summed E-state index contributed by atoms with van der Waals surface area (Å²) >= 11 is 0. The molecule has 0 aromatic carbocycles. The molecular weight excluding hydrogens is 2920 g/mol. The third-order valence-corrected chi connectivity index (χ3v) is 18.3. The molecular formula is C18H47P6W4Y20-. The molecule has 4 unspecified atom stereocenters. The van der Waals surface area contributed by atoms with Crippen LogP contribution in [0.25, 0.3) is 0 Å². The van der Waals surface area contributed by atoms with Crippen molar-refractivity contribution >= 4 is 83.1 Å². The zero-order valence-electron chi connectivity index (χ0n) is 30.9. The Balaban J connectivity index is -0.00000000404. The van der Waals surface area contributed by atoms with Crippen molar-refractivity contribution in [2.24, 2.45) is 0 Å². The first-order valence-electron chi connectivity index (χ1n) is 8.09. The van der Waals surface area contributed by atoms with Gasteiger partial charge in [0.1, 0.15) is 0 Å². The number of hydrogen-bond acceptors (Lipinski definition) is 0. The maximum Gasteiger partial charge on any atom is 0 e. The predicted octanol–water partition coefficient (Wildman–Crippen LogP) is 6.19. The average Bonchev–Trinajstić information content (AvgIpc) is 2.37. The van der Waals surface area contributed by atoms with E-state index in [9.17, 15) is 0 Å². The van der Waals surface area contributed by atoms with E-state index in [1.165, 1.54) is 38.2 Å². The monoisotopic (exact) mass is 2960 g/mol. The normalized spacial score (nSPS) is 7.71. The molecule has 0 aliphatic carbocycles. The van der Waals surface area contributed by atoms with E-state index in [0.717, 1.165) is 0 Å². The topological polar surface area (TPSA) is 0 Å². The largest absolute Gasteiger partial charge is 0.358 e. The smallest absolute Gasteiger partial charge is 0 e. The zero-order valence-corrected chi connectivity index (χ0v) is 105. The zero-order chi connectivity index (χ0) is 19.1. The molecule has 0 aromatic rings. The van der Waals surface area contributed by atoms with Gasteiger partial charge in [-0.1, -0.05) is 20.1 Å². The Morgan fingerprint density at radius 1 is 0.479 bits per heavy atom. The Hall–Kier alpha value is 26.5. The van der Waals surface area contributed by atoms with Gasteiger partial charge in [-0.15, -0.1) is 76.8 Å². The minimum atomic E-state index is -0.817.